The van der Waals surface area contributed by atoms with E-state index < -0.39 is 11.8 Å². The summed E-state index contributed by atoms with van der Waals surface area (Å²) in [4.78, 5) is 14.9. The fourth-order valence-electron chi connectivity index (χ4n) is 1.06. The lowest BCUT2D eigenvalue weighted by Gasteiger charge is -1.99. The molecule has 0 unspecified atom stereocenters. The second-order valence-electron chi connectivity index (χ2n) is 3.36. The standard InChI is InChI=1S/C12H13ClFNO2/c1-2-3-8-17-12(16)7-5-10-9(14)4-6-11(13)15-10/h4-7H,2-3,8H2,1H3/b7-5+. The summed E-state index contributed by atoms with van der Waals surface area (Å²) in [5.41, 5.74) is 0.0185. The van der Waals surface area contributed by atoms with Gasteiger partial charge in [0.05, 0.1) is 6.61 Å². The minimum absolute atomic E-state index is 0.0185. The van der Waals surface area contributed by atoms with E-state index >= 15 is 0 Å². The van der Waals surface area contributed by atoms with Crippen molar-refractivity contribution in [3.63, 3.8) is 0 Å². The smallest absolute Gasteiger partial charge is 0.330 e. The molecule has 0 amide bonds. The zero-order valence-electron chi connectivity index (χ0n) is 9.45. The lowest BCUT2D eigenvalue weighted by atomic mass is 10.3. The lowest BCUT2D eigenvalue weighted by molar-refractivity contribution is -0.137. The zero-order chi connectivity index (χ0) is 12.7. The van der Waals surface area contributed by atoms with Gasteiger partial charge in [-0.1, -0.05) is 24.9 Å². The highest BCUT2D eigenvalue weighted by Crippen LogP contribution is 2.11. The number of pyridine rings is 1. The van der Waals surface area contributed by atoms with E-state index in [9.17, 15) is 9.18 Å². The first-order valence-electron chi connectivity index (χ1n) is 5.30. The first kappa shape index (κ1) is 13.6. The van der Waals surface area contributed by atoms with Gasteiger partial charge >= 0.3 is 5.97 Å². The van der Waals surface area contributed by atoms with Crippen molar-refractivity contribution in [2.75, 3.05) is 6.61 Å². The van der Waals surface area contributed by atoms with Crippen molar-refractivity contribution in [2.24, 2.45) is 0 Å². The van der Waals surface area contributed by atoms with Crippen molar-refractivity contribution in [1.82, 2.24) is 4.98 Å². The largest absolute Gasteiger partial charge is 0.463 e. The maximum Gasteiger partial charge on any atom is 0.330 e. The molecule has 0 saturated carbocycles. The summed E-state index contributed by atoms with van der Waals surface area (Å²) >= 11 is 5.61. The number of ether oxygens (including phenoxy) is 1. The number of unbranched alkanes of at least 4 members (excludes halogenated alkanes) is 1. The van der Waals surface area contributed by atoms with Crippen LogP contribution in [0, 0.1) is 5.82 Å². The predicted octanol–water partition coefficient (Wildman–Crippen LogP) is 3.23. The Labute approximate surface area is 104 Å². The number of hydrogen-bond donors (Lipinski definition) is 0. The Morgan fingerprint density at radius 2 is 2.35 bits per heavy atom. The molecule has 17 heavy (non-hydrogen) atoms. The maximum atomic E-state index is 13.2. The maximum absolute atomic E-state index is 13.2. The van der Waals surface area contributed by atoms with Crippen LogP contribution in [0.3, 0.4) is 0 Å². The number of nitrogens with zero attached hydrogens (tertiary/aromatic N) is 1. The van der Waals surface area contributed by atoms with Gasteiger partial charge in [0, 0.05) is 6.08 Å². The highest BCUT2D eigenvalue weighted by Gasteiger charge is 2.02. The normalized spacial score (nSPS) is 10.8. The molecule has 0 aliphatic carbocycles. The average Bonchev–Trinajstić information content (AvgIpc) is 2.31. The number of carbonyl (C=O) groups is 1. The van der Waals surface area contributed by atoms with Gasteiger partial charge in [-0.2, -0.15) is 0 Å². The molecular weight excluding hydrogens is 245 g/mol. The van der Waals surface area contributed by atoms with Gasteiger partial charge in [-0.05, 0) is 24.6 Å². The van der Waals surface area contributed by atoms with Gasteiger partial charge in [0.15, 0.2) is 0 Å². The molecule has 92 valence electrons. The molecule has 1 aromatic rings. The molecule has 0 aliphatic heterocycles. The molecule has 1 rings (SSSR count). The van der Waals surface area contributed by atoms with E-state index in [4.69, 9.17) is 16.3 Å². The van der Waals surface area contributed by atoms with Crippen molar-refractivity contribution in [3.05, 3.63) is 34.9 Å². The van der Waals surface area contributed by atoms with Crippen LogP contribution in [0.1, 0.15) is 25.5 Å². The van der Waals surface area contributed by atoms with E-state index in [0.29, 0.717) is 6.61 Å². The molecule has 0 aliphatic rings. The molecule has 0 fully saturated rings. The fourth-order valence-corrected chi connectivity index (χ4v) is 1.22. The number of carbonyl (C=O) groups excluding carboxylic acids is 1. The highest BCUT2D eigenvalue weighted by molar-refractivity contribution is 6.29. The highest BCUT2D eigenvalue weighted by atomic mass is 35.5. The number of esters is 1. The van der Waals surface area contributed by atoms with Crippen molar-refractivity contribution >= 4 is 23.6 Å². The summed E-state index contributed by atoms with van der Waals surface area (Å²) in [5.74, 6) is -1.05. The molecule has 0 spiro atoms. The third kappa shape index (κ3) is 4.95. The molecule has 0 N–H and O–H groups in total. The first-order valence-corrected chi connectivity index (χ1v) is 5.68. The summed E-state index contributed by atoms with van der Waals surface area (Å²) in [6.45, 7) is 2.36. The summed E-state index contributed by atoms with van der Waals surface area (Å²) in [6.07, 6.45) is 4.14. The number of hydrogen-bond acceptors (Lipinski definition) is 3. The molecule has 0 aromatic carbocycles. The van der Waals surface area contributed by atoms with Gasteiger partial charge < -0.3 is 4.74 Å². The molecule has 3 nitrogen and oxygen atoms in total. The van der Waals surface area contributed by atoms with E-state index in [1.807, 2.05) is 6.92 Å². The number of halogens is 2. The van der Waals surface area contributed by atoms with Crippen molar-refractivity contribution < 1.29 is 13.9 Å². The van der Waals surface area contributed by atoms with Crippen LogP contribution in [-0.2, 0) is 9.53 Å². The van der Waals surface area contributed by atoms with E-state index in [-0.39, 0.29) is 10.8 Å². The minimum atomic E-state index is -0.535. The lowest BCUT2D eigenvalue weighted by Crippen LogP contribution is -2.02. The van der Waals surface area contributed by atoms with Gasteiger partial charge in [-0.3, -0.25) is 0 Å². The number of rotatable bonds is 5. The average molecular weight is 258 g/mol. The fraction of sp³-hybridized carbons (Fsp3) is 0.333. The van der Waals surface area contributed by atoms with Gasteiger partial charge in [0.2, 0.25) is 0 Å². The molecule has 5 heteroatoms. The van der Waals surface area contributed by atoms with E-state index in [0.717, 1.165) is 18.9 Å². The van der Waals surface area contributed by atoms with Gasteiger partial charge in [-0.25, -0.2) is 14.2 Å². The Balaban J connectivity index is 2.57. The van der Waals surface area contributed by atoms with Gasteiger partial charge in [0.1, 0.15) is 16.7 Å². The van der Waals surface area contributed by atoms with Crippen LogP contribution in [0.25, 0.3) is 6.08 Å². The van der Waals surface area contributed by atoms with Gasteiger partial charge in [-0.15, -0.1) is 0 Å². The first-order chi connectivity index (χ1) is 8.13. The monoisotopic (exact) mass is 257 g/mol. The summed E-state index contributed by atoms with van der Waals surface area (Å²) in [7, 11) is 0. The summed E-state index contributed by atoms with van der Waals surface area (Å²) < 4.78 is 18.1. The van der Waals surface area contributed by atoms with E-state index in [2.05, 4.69) is 4.98 Å². The van der Waals surface area contributed by atoms with Crippen LogP contribution in [-0.4, -0.2) is 17.6 Å². The zero-order valence-corrected chi connectivity index (χ0v) is 10.2. The molecule has 1 heterocycles. The molecule has 1 aromatic heterocycles. The van der Waals surface area contributed by atoms with Crippen molar-refractivity contribution in [1.29, 1.82) is 0 Å². The molecular formula is C12H13ClFNO2. The van der Waals surface area contributed by atoms with Crippen LogP contribution >= 0.6 is 11.6 Å². The van der Waals surface area contributed by atoms with Crippen molar-refractivity contribution in [2.45, 2.75) is 19.8 Å². The van der Waals surface area contributed by atoms with Crippen LogP contribution in [0.5, 0.6) is 0 Å². The summed E-state index contributed by atoms with van der Waals surface area (Å²) in [6, 6.07) is 2.53. The van der Waals surface area contributed by atoms with Crippen LogP contribution in [0.15, 0.2) is 18.2 Å². The Bertz CT molecular complexity index is 421. The molecule has 0 radical (unpaired) electrons. The molecule has 0 bridgehead atoms. The minimum Gasteiger partial charge on any atom is -0.463 e. The van der Waals surface area contributed by atoms with Gasteiger partial charge in [0.25, 0.3) is 0 Å². The van der Waals surface area contributed by atoms with E-state index in [1.165, 1.54) is 18.2 Å². The second kappa shape index (κ2) is 7.01. The molecule has 0 atom stereocenters. The Morgan fingerprint density at radius 3 is 3.06 bits per heavy atom. The SMILES string of the molecule is CCCCOC(=O)/C=C/c1nc(Cl)ccc1F. The van der Waals surface area contributed by atoms with Crippen LogP contribution in [0.4, 0.5) is 4.39 Å². The Hall–Kier alpha value is -1.42. The van der Waals surface area contributed by atoms with Crippen molar-refractivity contribution in [3.8, 4) is 0 Å². The Kier molecular flexibility index (Phi) is 5.63. The predicted molar refractivity (Wildman–Crippen MR) is 64.1 cm³/mol. The Morgan fingerprint density at radius 1 is 1.59 bits per heavy atom. The third-order valence-corrected chi connectivity index (χ3v) is 2.17. The van der Waals surface area contributed by atoms with E-state index in [1.54, 1.807) is 0 Å². The third-order valence-electron chi connectivity index (χ3n) is 1.96. The summed E-state index contributed by atoms with van der Waals surface area (Å²) in [5, 5.41) is 0.172. The molecule has 0 saturated heterocycles. The topological polar surface area (TPSA) is 39.2 Å². The quantitative estimate of drug-likeness (QED) is 0.352. The van der Waals surface area contributed by atoms with Crippen LogP contribution < -0.4 is 0 Å². The second-order valence-corrected chi connectivity index (χ2v) is 3.74. The van der Waals surface area contributed by atoms with Crippen LogP contribution in [0.2, 0.25) is 5.15 Å². The number of aromatic nitrogens is 1.